The van der Waals surface area contributed by atoms with Crippen molar-refractivity contribution < 1.29 is 27.2 Å². The van der Waals surface area contributed by atoms with E-state index >= 15 is 0 Å². The number of hydrogen-bond donors (Lipinski definition) is 0. The normalized spacial score (nSPS) is 13.9. The first-order valence-electron chi connectivity index (χ1n) is 10.7. The number of fused-ring (bicyclic) bond motifs is 2. The van der Waals surface area contributed by atoms with Crippen molar-refractivity contribution in [3.05, 3.63) is 70.9 Å². The van der Waals surface area contributed by atoms with Crippen LogP contribution < -0.4 is 4.90 Å². The van der Waals surface area contributed by atoms with E-state index in [0.29, 0.717) is 22.7 Å². The van der Waals surface area contributed by atoms with Gasteiger partial charge in [0.2, 0.25) is 5.91 Å². The predicted molar refractivity (Wildman–Crippen MR) is 120 cm³/mol. The van der Waals surface area contributed by atoms with E-state index in [1.165, 1.54) is 22.9 Å². The Morgan fingerprint density at radius 3 is 2.69 bits per heavy atom. The number of benzene rings is 2. The van der Waals surface area contributed by atoms with Gasteiger partial charge in [0.15, 0.2) is 17.2 Å². The molecule has 35 heavy (non-hydrogen) atoms. The summed E-state index contributed by atoms with van der Waals surface area (Å²) in [5.74, 6) is -0.183. The van der Waals surface area contributed by atoms with Crippen LogP contribution in [0.25, 0.3) is 16.8 Å². The number of alkyl halides is 3. The molecule has 1 aliphatic heterocycles. The van der Waals surface area contributed by atoms with Gasteiger partial charge in [-0.05, 0) is 30.3 Å². The summed E-state index contributed by atoms with van der Waals surface area (Å²) >= 11 is 0. The van der Waals surface area contributed by atoms with Crippen molar-refractivity contribution in [1.29, 1.82) is 0 Å². The predicted octanol–water partition coefficient (Wildman–Crippen LogP) is 4.13. The molecule has 0 unspecified atom stereocenters. The SMILES string of the molecule is Cc1nc2ccc(N(C)C(=O)c3cccc(-n4nc(C(F)(F)F)c5c4CC(=O)N(C)C5)c3)cc2o1. The highest BCUT2D eigenvalue weighted by Gasteiger charge is 2.41. The minimum atomic E-state index is -4.68. The Kier molecular flexibility index (Phi) is 5.15. The molecule has 11 heteroatoms. The Labute approximate surface area is 197 Å². The third kappa shape index (κ3) is 3.92. The highest BCUT2D eigenvalue weighted by Crippen LogP contribution is 2.36. The molecule has 3 heterocycles. The molecule has 0 radical (unpaired) electrons. The smallest absolute Gasteiger partial charge is 0.435 e. The lowest BCUT2D eigenvalue weighted by atomic mass is 10.0. The molecule has 8 nitrogen and oxygen atoms in total. The first-order chi connectivity index (χ1) is 16.5. The molecular formula is C24H20F3N5O3. The zero-order chi connectivity index (χ0) is 25.1. The number of aromatic nitrogens is 3. The number of oxazole rings is 1. The molecular weight excluding hydrogens is 463 g/mol. The van der Waals surface area contributed by atoms with Crippen LogP contribution in [0.1, 0.15) is 33.2 Å². The number of anilines is 1. The molecule has 0 spiro atoms. The van der Waals surface area contributed by atoms with Crippen molar-refractivity contribution >= 4 is 28.6 Å². The van der Waals surface area contributed by atoms with Crippen molar-refractivity contribution in [3.8, 4) is 5.69 Å². The summed E-state index contributed by atoms with van der Waals surface area (Å²) in [5.41, 5.74) is 1.37. The van der Waals surface area contributed by atoms with Crippen LogP contribution in [0.5, 0.6) is 0 Å². The van der Waals surface area contributed by atoms with E-state index in [4.69, 9.17) is 4.42 Å². The number of aryl methyl sites for hydroxylation is 1. The topological polar surface area (TPSA) is 84.5 Å². The largest absolute Gasteiger partial charge is 0.441 e. The van der Waals surface area contributed by atoms with Crippen LogP contribution in [0.15, 0.2) is 46.9 Å². The number of hydrogen-bond acceptors (Lipinski definition) is 5. The second kappa shape index (κ2) is 7.97. The van der Waals surface area contributed by atoms with E-state index in [1.54, 1.807) is 50.4 Å². The summed E-state index contributed by atoms with van der Waals surface area (Å²) in [6.07, 6.45) is -4.90. The molecule has 0 fully saturated rings. The fourth-order valence-electron chi connectivity index (χ4n) is 4.20. The van der Waals surface area contributed by atoms with Gasteiger partial charge < -0.3 is 14.2 Å². The van der Waals surface area contributed by atoms with Crippen LogP contribution in [-0.2, 0) is 23.9 Å². The highest BCUT2D eigenvalue weighted by molar-refractivity contribution is 6.06. The maximum absolute atomic E-state index is 13.7. The Morgan fingerprint density at radius 2 is 1.94 bits per heavy atom. The van der Waals surface area contributed by atoms with Crippen LogP contribution in [0.4, 0.5) is 18.9 Å². The molecule has 4 aromatic rings. The molecule has 0 aliphatic carbocycles. The van der Waals surface area contributed by atoms with E-state index < -0.39 is 11.9 Å². The van der Waals surface area contributed by atoms with E-state index in [0.717, 1.165) is 4.68 Å². The van der Waals surface area contributed by atoms with Gasteiger partial charge in [0.1, 0.15) is 5.52 Å². The van der Waals surface area contributed by atoms with Gasteiger partial charge in [-0.25, -0.2) is 9.67 Å². The first kappa shape index (κ1) is 22.6. The van der Waals surface area contributed by atoms with Crippen molar-refractivity contribution in [1.82, 2.24) is 19.7 Å². The van der Waals surface area contributed by atoms with Crippen molar-refractivity contribution in [2.45, 2.75) is 26.1 Å². The molecule has 180 valence electrons. The Hall–Kier alpha value is -4.15. The molecule has 0 saturated heterocycles. The minimum Gasteiger partial charge on any atom is -0.441 e. The third-order valence-electron chi connectivity index (χ3n) is 6.01. The molecule has 0 bridgehead atoms. The van der Waals surface area contributed by atoms with Crippen LogP contribution in [0, 0.1) is 6.92 Å². The number of halogens is 3. The third-order valence-corrected chi connectivity index (χ3v) is 6.01. The second-order valence-corrected chi connectivity index (χ2v) is 8.41. The zero-order valence-electron chi connectivity index (χ0n) is 19.1. The molecule has 1 aliphatic rings. The molecule has 2 amide bonds. The van der Waals surface area contributed by atoms with Crippen LogP contribution in [0.3, 0.4) is 0 Å². The quantitative estimate of drug-likeness (QED) is 0.438. The number of nitrogens with zero attached hydrogens (tertiary/aromatic N) is 5. The van der Waals surface area contributed by atoms with Gasteiger partial charge in [-0.1, -0.05) is 6.07 Å². The average molecular weight is 483 g/mol. The van der Waals surface area contributed by atoms with Gasteiger partial charge in [-0.15, -0.1) is 0 Å². The van der Waals surface area contributed by atoms with Gasteiger partial charge in [0.05, 0.1) is 17.8 Å². The maximum atomic E-state index is 13.7. The van der Waals surface area contributed by atoms with Gasteiger partial charge in [-0.2, -0.15) is 18.3 Å². The fraction of sp³-hybridized carbons (Fsp3) is 0.250. The van der Waals surface area contributed by atoms with Crippen molar-refractivity contribution in [3.63, 3.8) is 0 Å². The van der Waals surface area contributed by atoms with Crippen molar-refractivity contribution in [2.75, 3.05) is 19.0 Å². The van der Waals surface area contributed by atoms with Crippen LogP contribution >= 0.6 is 0 Å². The van der Waals surface area contributed by atoms with Crippen LogP contribution in [-0.4, -0.2) is 45.6 Å². The van der Waals surface area contributed by atoms with Crippen LogP contribution in [0.2, 0.25) is 0 Å². The molecule has 2 aromatic heterocycles. The number of carbonyl (C=O) groups is 2. The summed E-state index contributed by atoms with van der Waals surface area (Å²) in [7, 11) is 3.04. The lowest BCUT2D eigenvalue weighted by molar-refractivity contribution is -0.143. The zero-order valence-corrected chi connectivity index (χ0v) is 19.1. The highest BCUT2D eigenvalue weighted by atomic mass is 19.4. The van der Waals surface area contributed by atoms with Gasteiger partial charge in [0.25, 0.3) is 5.91 Å². The summed E-state index contributed by atoms with van der Waals surface area (Å²) in [4.78, 5) is 32.4. The Balaban J connectivity index is 1.52. The Bertz CT molecular complexity index is 1490. The van der Waals surface area contributed by atoms with Crippen molar-refractivity contribution in [2.24, 2.45) is 0 Å². The average Bonchev–Trinajstić information content (AvgIpc) is 3.37. The fourth-order valence-corrected chi connectivity index (χ4v) is 4.20. The summed E-state index contributed by atoms with van der Waals surface area (Å²) < 4.78 is 47.7. The number of amides is 2. The second-order valence-electron chi connectivity index (χ2n) is 8.41. The number of likely N-dealkylation sites (N-methyl/N-ethyl adjacent to an activating group) is 1. The van der Waals surface area contributed by atoms with Gasteiger partial charge in [-0.3, -0.25) is 9.59 Å². The van der Waals surface area contributed by atoms with Gasteiger partial charge >= 0.3 is 6.18 Å². The maximum Gasteiger partial charge on any atom is 0.435 e. The first-order valence-corrected chi connectivity index (χ1v) is 10.7. The van der Waals surface area contributed by atoms with Gasteiger partial charge in [0, 0.05) is 50.4 Å². The van der Waals surface area contributed by atoms with E-state index in [9.17, 15) is 22.8 Å². The number of carbonyl (C=O) groups excluding carboxylic acids is 2. The van der Waals surface area contributed by atoms with E-state index in [1.807, 2.05) is 0 Å². The molecule has 0 N–H and O–H groups in total. The summed E-state index contributed by atoms with van der Waals surface area (Å²) in [6, 6.07) is 11.3. The minimum absolute atomic E-state index is 0.0379. The molecule has 5 rings (SSSR count). The molecule has 2 aromatic carbocycles. The summed E-state index contributed by atoms with van der Waals surface area (Å²) in [5, 5.41) is 3.81. The summed E-state index contributed by atoms with van der Waals surface area (Å²) in [6.45, 7) is 1.54. The lowest BCUT2D eigenvalue weighted by Gasteiger charge is -2.24. The lowest BCUT2D eigenvalue weighted by Crippen LogP contribution is -2.34. The van der Waals surface area contributed by atoms with E-state index in [2.05, 4.69) is 10.1 Å². The number of rotatable bonds is 3. The standard InChI is InChI=1S/C24H20F3N5O3/c1-13-28-18-8-7-15(10-20(18)35-13)31(3)23(34)14-5-4-6-16(9-14)32-19-11-21(33)30(2)12-17(19)22(29-32)24(25,26)27/h4-10H,11-12H2,1-3H3. The molecule has 0 atom stereocenters. The molecule has 0 saturated carbocycles. The van der Waals surface area contributed by atoms with E-state index in [-0.39, 0.29) is 47.3 Å². The monoisotopic (exact) mass is 483 g/mol. The Morgan fingerprint density at radius 1 is 1.17 bits per heavy atom.